The molecule has 120 valence electrons. The number of carbonyl (C=O) groups is 1. The van der Waals surface area contributed by atoms with Crippen LogP contribution in [0.4, 0.5) is 27.5 Å². The molecule has 1 fully saturated rings. The number of hydrogen-bond donors (Lipinski definition) is 3. The number of amides is 2. The SMILES string of the molecule is Nc1ccc(NC(=O)Nc2ccccc2N2CCOCC2)cc1. The Labute approximate surface area is 135 Å². The first-order valence-corrected chi connectivity index (χ1v) is 7.57. The average molecular weight is 312 g/mol. The number of urea groups is 1. The molecule has 0 radical (unpaired) electrons. The van der Waals surface area contributed by atoms with E-state index >= 15 is 0 Å². The molecule has 4 N–H and O–H groups in total. The molecule has 0 unspecified atom stereocenters. The molecular formula is C17H20N4O2. The van der Waals surface area contributed by atoms with E-state index in [-0.39, 0.29) is 6.03 Å². The van der Waals surface area contributed by atoms with E-state index < -0.39 is 0 Å². The normalized spacial score (nSPS) is 14.3. The van der Waals surface area contributed by atoms with Crippen LogP contribution in [-0.4, -0.2) is 32.3 Å². The first-order chi connectivity index (χ1) is 11.2. The summed E-state index contributed by atoms with van der Waals surface area (Å²) in [6, 6.07) is 14.5. The Hall–Kier alpha value is -2.73. The van der Waals surface area contributed by atoms with Crippen LogP contribution in [0.5, 0.6) is 0 Å². The van der Waals surface area contributed by atoms with Gasteiger partial charge in [0.05, 0.1) is 24.6 Å². The molecule has 1 saturated heterocycles. The number of morpholine rings is 1. The number of ether oxygens (including phenoxy) is 1. The van der Waals surface area contributed by atoms with Crippen LogP contribution in [0.15, 0.2) is 48.5 Å². The van der Waals surface area contributed by atoms with E-state index in [0.717, 1.165) is 24.5 Å². The van der Waals surface area contributed by atoms with E-state index in [2.05, 4.69) is 15.5 Å². The lowest BCUT2D eigenvalue weighted by Crippen LogP contribution is -2.36. The van der Waals surface area contributed by atoms with Crippen LogP contribution in [0.2, 0.25) is 0 Å². The van der Waals surface area contributed by atoms with Crippen molar-refractivity contribution in [2.45, 2.75) is 0 Å². The monoisotopic (exact) mass is 312 g/mol. The minimum atomic E-state index is -0.282. The highest BCUT2D eigenvalue weighted by Crippen LogP contribution is 2.26. The van der Waals surface area contributed by atoms with Crippen molar-refractivity contribution in [1.29, 1.82) is 0 Å². The number of carbonyl (C=O) groups excluding carboxylic acids is 1. The lowest BCUT2D eigenvalue weighted by Gasteiger charge is -2.30. The maximum atomic E-state index is 12.2. The molecule has 0 saturated carbocycles. The van der Waals surface area contributed by atoms with Crippen molar-refractivity contribution in [2.75, 3.05) is 47.6 Å². The third-order valence-electron chi connectivity index (χ3n) is 3.67. The maximum Gasteiger partial charge on any atom is 0.323 e. The summed E-state index contributed by atoms with van der Waals surface area (Å²) in [6.07, 6.45) is 0. The summed E-state index contributed by atoms with van der Waals surface area (Å²) < 4.78 is 5.38. The van der Waals surface area contributed by atoms with Crippen LogP contribution in [0.25, 0.3) is 0 Å². The van der Waals surface area contributed by atoms with E-state index in [9.17, 15) is 4.79 Å². The third-order valence-corrected chi connectivity index (χ3v) is 3.67. The van der Waals surface area contributed by atoms with Gasteiger partial charge in [-0.3, -0.25) is 0 Å². The summed E-state index contributed by atoms with van der Waals surface area (Å²) in [6.45, 7) is 3.04. The van der Waals surface area contributed by atoms with Crippen molar-refractivity contribution >= 4 is 28.8 Å². The number of hydrogen-bond acceptors (Lipinski definition) is 4. The maximum absolute atomic E-state index is 12.2. The summed E-state index contributed by atoms with van der Waals surface area (Å²) in [4.78, 5) is 14.4. The van der Waals surface area contributed by atoms with Crippen LogP contribution in [-0.2, 0) is 4.74 Å². The first kappa shape index (κ1) is 15.2. The summed E-state index contributed by atoms with van der Waals surface area (Å²) in [5.41, 5.74) is 8.78. The van der Waals surface area contributed by atoms with Gasteiger partial charge in [0.25, 0.3) is 0 Å². The summed E-state index contributed by atoms with van der Waals surface area (Å²) in [5.74, 6) is 0. The second kappa shape index (κ2) is 7.02. The Balaban J connectivity index is 1.69. The van der Waals surface area contributed by atoms with Crippen molar-refractivity contribution in [3.05, 3.63) is 48.5 Å². The van der Waals surface area contributed by atoms with Gasteiger partial charge in [-0.2, -0.15) is 0 Å². The quantitative estimate of drug-likeness (QED) is 0.761. The molecule has 3 rings (SSSR count). The zero-order valence-electron chi connectivity index (χ0n) is 12.8. The number of nitrogen functional groups attached to an aromatic ring is 1. The summed E-state index contributed by atoms with van der Waals surface area (Å²) >= 11 is 0. The Kier molecular flexibility index (Phi) is 4.63. The number of anilines is 4. The second-order valence-corrected chi connectivity index (χ2v) is 5.32. The Bertz CT molecular complexity index is 667. The van der Waals surface area contributed by atoms with Crippen molar-refractivity contribution in [3.8, 4) is 0 Å². The molecule has 1 heterocycles. The molecule has 6 heteroatoms. The number of benzene rings is 2. The standard InChI is InChI=1S/C17H20N4O2/c18-13-5-7-14(8-6-13)19-17(22)20-15-3-1-2-4-16(15)21-9-11-23-12-10-21/h1-8H,9-12,18H2,(H2,19,20,22). The fraction of sp³-hybridized carbons (Fsp3) is 0.235. The molecular weight excluding hydrogens is 292 g/mol. The van der Waals surface area contributed by atoms with Crippen molar-refractivity contribution < 1.29 is 9.53 Å². The predicted octanol–water partition coefficient (Wildman–Crippen LogP) is 2.75. The lowest BCUT2D eigenvalue weighted by molar-refractivity contribution is 0.123. The Morgan fingerprint density at radius 2 is 1.70 bits per heavy atom. The highest BCUT2D eigenvalue weighted by Gasteiger charge is 2.15. The topological polar surface area (TPSA) is 79.6 Å². The Morgan fingerprint density at radius 3 is 2.43 bits per heavy atom. The van der Waals surface area contributed by atoms with Gasteiger partial charge in [-0.15, -0.1) is 0 Å². The highest BCUT2D eigenvalue weighted by atomic mass is 16.5. The van der Waals surface area contributed by atoms with E-state index in [1.165, 1.54) is 0 Å². The lowest BCUT2D eigenvalue weighted by atomic mass is 10.2. The molecule has 2 amide bonds. The molecule has 0 aliphatic carbocycles. The van der Waals surface area contributed by atoms with Gasteiger partial charge in [0.2, 0.25) is 0 Å². The zero-order valence-corrected chi connectivity index (χ0v) is 12.8. The zero-order chi connectivity index (χ0) is 16.1. The van der Waals surface area contributed by atoms with E-state index in [1.54, 1.807) is 24.3 Å². The van der Waals surface area contributed by atoms with Gasteiger partial charge >= 0.3 is 6.03 Å². The van der Waals surface area contributed by atoms with Crippen LogP contribution >= 0.6 is 0 Å². The van der Waals surface area contributed by atoms with Gasteiger partial charge in [-0.1, -0.05) is 12.1 Å². The number of rotatable bonds is 3. The summed E-state index contributed by atoms with van der Waals surface area (Å²) in [5, 5.41) is 5.71. The van der Waals surface area contributed by atoms with Crippen molar-refractivity contribution in [3.63, 3.8) is 0 Å². The largest absolute Gasteiger partial charge is 0.399 e. The molecule has 1 aliphatic rings. The van der Waals surface area contributed by atoms with Gasteiger partial charge in [-0.05, 0) is 36.4 Å². The Morgan fingerprint density at radius 1 is 1.00 bits per heavy atom. The number of nitrogens with zero attached hydrogens (tertiary/aromatic N) is 1. The molecule has 2 aromatic rings. The minimum absolute atomic E-state index is 0.282. The van der Waals surface area contributed by atoms with Crippen molar-refractivity contribution in [2.24, 2.45) is 0 Å². The number of nitrogens with two attached hydrogens (primary N) is 1. The van der Waals surface area contributed by atoms with E-state index in [1.807, 2.05) is 24.3 Å². The molecule has 1 aliphatic heterocycles. The second-order valence-electron chi connectivity index (χ2n) is 5.32. The van der Waals surface area contributed by atoms with E-state index in [4.69, 9.17) is 10.5 Å². The van der Waals surface area contributed by atoms with Crippen molar-refractivity contribution in [1.82, 2.24) is 0 Å². The fourth-order valence-corrected chi connectivity index (χ4v) is 2.51. The fourth-order valence-electron chi connectivity index (χ4n) is 2.51. The van der Waals surface area contributed by atoms with Crippen LogP contribution in [0.3, 0.4) is 0 Å². The smallest absolute Gasteiger partial charge is 0.323 e. The highest BCUT2D eigenvalue weighted by molar-refractivity contribution is 6.01. The van der Waals surface area contributed by atoms with Crippen LogP contribution in [0, 0.1) is 0 Å². The van der Waals surface area contributed by atoms with Gasteiger partial charge in [0, 0.05) is 24.5 Å². The molecule has 6 nitrogen and oxygen atoms in total. The third kappa shape index (κ3) is 3.92. The molecule has 23 heavy (non-hydrogen) atoms. The molecule has 0 bridgehead atoms. The predicted molar refractivity (Wildman–Crippen MR) is 93.0 cm³/mol. The number of nitrogens with one attached hydrogen (secondary N) is 2. The van der Waals surface area contributed by atoms with Gasteiger partial charge < -0.3 is 26.0 Å². The average Bonchev–Trinajstić information content (AvgIpc) is 2.58. The van der Waals surface area contributed by atoms with Crippen LogP contribution < -0.4 is 21.3 Å². The molecule has 0 aromatic heterocycles. The van der Waals surface area contributed by atoms with E-state index in [0.29, 0.717) is 24.6 Å². The first-order valence-electron chi connectivity index (χ1n) is 7.57. The number of para-hydroxylation sites is 2. The van der Waals surface area contributed by atoms with Gasteiger partial charge in [0.1, 0.15) is 0 Å². The summed E-state index contributed by atoms with van der Waals surface area (Å²) in [7, 11) is 0. The van der Waals surface area contributed by atoms with Gasteiger partial charge in [0.15, 0.2) is 0 Å². The molecule has 2 aromatic carbocycles. The molecule has 0 atom stereocenters. The van der Waals surface area contributed by atoms with Gasteiger partial charge in [-0.25, -0.2) is 4.79 Å². The molecule has 0 spiro atoms. The van der Waals surface area contributed by atoms with Crippen LogP contribution in [0.1, 0.15) is 0 Å². The minimum Gasteiger partial charge on any atom is -0.399 e.